The lowest BCUT2D eigenvalue weighted by Crippen LogP contribution is -2.38. The first kappa shape index (κ1) is 18.4. The molecule has 0 aliphatic rings. The molecular formula is C19H26N6S. The quantitative estimate of drug-likeness (QED) is 0.339. The summed E-state index contributed by atoms with van der Waals surface area (Å²) in [6, 6.07) is 8.13. The fourth-order valence-corrected chi connectivity index (χ4v) is 3.67. The van der Waals surface area contributed by atoms with Crippen molar-refractivity contribution in [2.45, 2.75) is 33.1 Å². The van der Waals surface area contributed by atoms with Crippen LogP contribution in [0.5, 0.6) is 0 Å². The largest absolute Gasteiger partial charge is 0.356 e. The van der Waals surface area contributed by atoms with Gasteiger partial charge in [-0.15, -0.1) is 11.3 Å². The summed E-state index contributed by atoms with van der Waals surface area (Å²) in [4.78, 5) is 18.1. The summed E-state index contributed by atoms with van der Waals surface area (Å²) in [6.07, 6.45) is 2.82. The smallest absolute Gasteiger partial charge is 0.190 e. The van der Waals surface area contributed by atoms with Crippen LogP contribution in [0.25, 0.3) is 11.0 Å². The molecule has 26 heavy (non-hydrogen) atoms. The second-order valence-electron chi connectivity index (χ2n) is 6.23. The average Bonchev–Trinajstić information content (AvgIpc) is 3.19. The van der Waals surface area contributed by atoms with E-state index in [0.717, 1.165) is 60.9 Å². The number of para-hydroxylation sites is 2. The highest BCUT2D eigenvalue weighted by Gasteiger charge is 2.05. The van der Waals surface area contributed by atoms with Gasteiger partial charge in [-0.25, -0.2) is 9.97 Å². The molecule has 0 fully saturated rings. The van der Waals surface area contributed by atoms with Crippen molar-refractivity contribution in [1.29, 1.82) is 0 Å². The molecule has 0 aliphatic carbocycles. The van der Waals surface area contributed by atoms with Gasteiger partial charge in [-0.3, -0.25) is 4.99 Å². The highest BCUT2D eigenvalue weighted by Crippen LogP contribution is 2.16. The summed E-state index contributed by atoms with van der Waals surface area (Å²) >= 11 is 1.77. The van der Waals surface area contributed by atoms with Gasteiger partial charge in [0.15, 0.2) is 5.96 Å². The highest BCUT2D eigenvalue weighted by atomic mass is 32.1. The van der Waals surface area contributed by atoms with Gasteiger partial charge in [0.2, 0.25) is 0 Å². The maximum Gasteiger partial charge on any atom is 0.190 e. The lowest BCUT2D eigenvalue weighted by molar-refractivity contribution is 0.723. The Morgan fingerprint density at radius 1 is 1.12 bits per heavy atom. The van der Waals surface area contributed by atoms with Gasteiger partial charge in [0.25, 0.3) is 0 Å². The number of thiazole rings is 1. The van der Waals surface area contributed by atoms with Crippen LogP contribution in [0.1, 0.15) is 27.8 Å². The lowest BCUT2D eigenvalue weighted by atomic mass is 10.3. The third kappa shape index (κ3) is 4.82. The van der Waals surface area contributed by atoms with Crippen molar-refractivity contribution in [3.8, 4) is 0 Å². The molecule has 0 bridgehead atoms. The van der Waals surface area contributed by atoms with Gasteiger partial charge < -0.3 is 15.6 Å². The van der Waals surface area contributed by atoms with Gasteiger partial charge in [-0.05, 0) is 32.4 Å². The van der Waals surface area contributed by atoms with Gasteiger partial charge in [0, 0.05) is 37.9 Å². The maximum absolute atomic E-state index is 4.61. The van der Waals surface area contributed by atoms with Gasteiger partial charge >= 0.3 is 0 Å². The normalized spacial score (nSPS) is 11.9. The Hall–Kier alpha value is -2.41. The van der Waals surface area contributed by atoms with Crippen molar-refractivity contribution in [2.24, 2.45) is 4.99 Å². The molecule has 0 unspecified atom stereocenters. The van der Waals surface area contributed by atoms with Crippen molar-refractivity contribution in [3.63, 3.8) is 0 Å². The third-order valence-corrected chi connectivity index (χ3v) is 5.38. The van der Waals surface area contributed by atoms with E-state index in [9.17, 15) is 0 Å². The maximum atomic E-state index is 4.61. The second kappa shape index (κ2) is 8.80. The summed E-state index contributed by atoms with van der Waals surface area (Å²) < 4.78 is 0. The number of hydrogen-bond donors (Lipinski definition) is 3. The summed E-state index contributed by atoms with van der Waals surface area (Å²) in [5, 5.41) is 7.88. The molecule has 6 nitrogen and oxygen atoms in total. The van der Waals surface area contributed by atoms with E-state index in [0.29, 0.717) is 0 Å². The summed E-state index contributed by atoms with van der Waals surface area (Å²) in [7, 11) is 1.80. The number of guanidine groups is 1. The Morgan fingerprint density at radius 2 is 1.92 bits per heavy atom. The predicted molar refractivity (Wildman–Crippen MR) is 109 cm³/mol. The van der Waals surface area contributed by atoms with E-state index in [4.69, 9.17) is 0 Å². The third-order valence-electron chi connectivity index (χ3n) is 4.25. The monoisotopic (exact) mass is 370 g/mol. The number of fused-ring (bicyclic) bond motifs is 1. The zero-order chi connectivity index (χ0) is 18.4. The number of aryl methyl sites for hydroxylation is 3. The number of nitrogens with zero attached hydrogens (tertiary/aromatic N) is 3. The number of benzene rings is 1. The topological polar surface area (TPSA) is 78.0 Å². The van der Waals surface area contributed by atoms with E-state index >= 15 is 0 Å². The number of nitrogens with one attached hydrogen (secondary N) is 3. The Balaban J connectivity index is 1.37. The van der Waals surface area contributed by atoms with Crippen molar-refractivity contribution < 1.29 is 0 Å². The minimum atomic E-state index is 0.829. The van der Waals surface area contributed by atoms with E-state index in [-0.39, 0.29) is 0 Å². The number of aliphatic imine (C=N–C) groups is 1. The van der Waals surface area contributed by atoms with Crippen molar-refractivity contribution in [1.82, 2.24) is 25.6 Å². The van der Waals surface area contributed by atoms with E-state index in [1.165, 1.54) is 9.88 Å². The zero-order valence-electron chi connectivity index (χ0n) is 15.6. The van der Waals surface area contributed by atoms with Crippen LogP contribution in [0.3, 0.4) is 0 Å². The first-order valence-corrected chi connectivity index (χ1v) is 9.78. The van der Waals surface area contributed by atoms with Crippen LogP contribution in [0, 0.1) is 13.8 Å². The zero-order valence-corrected chi connectivity index (χ0v) is 16.4. The molecule has 0 saturated carbocycles. The molecular weight excluding hydrogens is 344 g/mol. The minimum Gasteiger partial charge on any atom is -0.356 e. The molecule has 3 N–H and O–H groups in total. The van der Waals surface area contributed by atoms with E-state index in [1.807, 2.05) is 18.2 Å². The number of aromatic amines is 1. The molecule has 2 heterocycles. The molecule has 138 valence electrons. The number of rotatable bonds is 7. The Bertz CT molecular complexity index is 827. The fourth-order valence-electron chi connectivity index (χ4n) is 2.74. The van der Waals surface area contributed by atoms with Gasteiger partial charge in [0.05, 0.1) is 21.7 Å². The molecule has 0 spiro atoms. The number of imidazole rings is 1. The molecule has 1 aromatic carbocycles. The number of hydrogen-bond acceptors (Lipinski definition) is 4. The molecule has 3 rings (SSSR count). The molecule has 0 radical (unpaired) electrons. The van der Waals surface area contributed by atoms with E-state index in [2.05, 4.69) is 50.5 Å². The summed E-state index contributed by atoms with van der Waals surface area (Å²) in [5.41, 5.74) is 3.26. The van der Waals surface area contributed by atoms with Gasteiger partial charge in [0.1, 0.15) is 5.82 Å². The summed E-state index contributed by atoms with van der Waals surface area (Å²) in [5.74, 6) is 1.87. The van der Waals surface area contributed by atoms with Crippen LogP contribution in [0.2, 0.25) is 0 Å². The van der Waals surface area contributed by atoms with Gasteiger partial charge in [-0.2, -0.15) is 0 Å². The molecule has 3 aromatic rings. The predicted octanol–water partition coefficient (Wildman–Crippen LogP) is 2.98. The molecule has 7 heteroatoms. The molecule has 0 aliphatic heterocycles. The molecule has 2 aromatic heterocycles. The van der Waals surface area contributed by atoms with E-state index in [1.54, 1.807) is 18.4 Å². The standard InChI is InChI=1S/C19H26N6S/c1-13-14(2)26-18(23-13)10-12-22-19(20-3)21-11-6-9-17-24-15-7-4-5-8-16(15)25-17/h4-5,7-8H,6,9-12H2,1-3H3,(H,24,25)(H2,20,21,22). The Morgan fingerprint density at radius 3 is 2.65 bits per heavy atom. The van der Waals surface area contributed by atoms with Crippen molar-refractivity contribution >= 4 is 28.3 Å². The van der Waals surface area contributed by atoms with Crippen LogP contribution < -0.4 is 10.6 Å². The molecule has 0 amide bonds. The van der Waals surface area contributed by atoms with Crippen molar-refractivity contribution in [3.05, 3.63) is 45.7 Å². The van der Waals surface area contributed by atoms with E-state index < -0.39 is 0 Å². The Labute approximate surface area is 158 Å². The van der Waals surface area contributed by atoms with Crippen LogP contribution in [0.4, 0.5) is 0 Å². The lowest BCUT2D eigenvalue weighted by Gasteiger charge is -2.10. The highest BCUT2D eigenvalue weighted by molar-refractivity contribution is 7.11. The fraction of sp³-hybridized carbons (Fsp3) is 0.421. The SMILES string of the molecule is CN=C(NCCCc1nc2ccccc2[nH]1)NCCc1nc(C)c(C)s1. The number of H-pyrrole nitrogens is 1. The van der Waals surface area contributed by atoms with Crippen LogP contribution >= 0.6 is 11.3 Å². The van der Waals surface area contributed by atoms with Crippen LogP contribution in [-0.2, 0) is 12.8 Å². The minimum absolute atomic E-state index is 0.829. The van der Waals surface area contributed by atoms with Crippen LogP contribution in [0.15, 0.2) is 29.3 Å². The van der Waals surface area contributed by atoms with Crippen LogP contribution in [-0.4, -0.2) is 41.0 Å². The summed E-state index contributed by atoms with van der Waals surface area (Å²) in [6.45, 7) is 5.86. The molecule has 0 saturated heterocycles. The Kier molecular flexibility index (Phi) is 6.22. The number of aromatic nitrogens is 3. The first-order chi connectivity index (χ1) is 12.7. The average molecular weight is 371 g/mol. The first-order valence-electron chi connectivity index (χ1n) is 8.97. The molecule has 0 atom stereocenters. The van der Waals surface area contributed by atoms with Crippen molar-refractivity contribution in [2.75, 3.05) is 20.1 Å². The van der Waals surface area contributed by atoms with Gasteiger partial charge in [-0.1, -0.05) is 12.1 Å². The second-order valence-corrected chi connectivity index (χ2v) is 7.52.